The van der Waals surface area contributed by atoms with E-state index in [4.69, 9.17) is 9.15 Å². The molecule has 1 aliphatic heterocycles. The minimum absolute atomic E-state index is 0.675. The SMILES string of the molecule is O=Cc1ccc2ccoc2c1N1CCOCC1. The number of ether oxygens (including phenoxy) is 1. The Hall–Kier alpha value is -1.81. The number of rotatable bonds is 2. The van der Waals surface area contributed by atoms with Gasteiger partial charge < -0.3 is 14.1 Å². The largest absolute Gasteiger partial charge is 0.462 e. The number of nitrogens with zero attached hydrogens (tertiary/aromatic N) is 1. The molecule has 0 N–H and O–H groups in total. The van der Waals surface area contributed by atoms with Gasteiger partial charge in [0.15, 0.2) is 11.9 Å². The van der Waals surface area contributed by atoms with Gasteiger partial charge in [0.25, 0.3) is 0 Å². The molecule has 0 radical (unpaired) electrons. The second-order valence-corrected chi connectivity index (χ2v) is 4.06. The summed E-state index contributed by atoms with van der Waals surface area (Å²) < 4.78 is 10.8. The van der Waals surface area contributed by atoms with Gasteiger partial charge in [-0.1, -0.05) is 6.07 Å². The maximum Gasteiger partial charge on any atom is 0.157 e. The zero-order valence-corrected chi connectivity index (χ0v) is 9.39. The number of hydrogen-bond donors (Lipinski definition) is 0. The van der Waals surface area contributed by atoms with Crippen LogP contribution in [0.3, 0.4) is 0 Å². The van der Waals surface area contributed by atoms with Gasteiger partial charge in [-0.05, 0) is 12.1 Å². The van der Waals surface area contributed by atoms with Gasteiger partial charge in [0.05, 0.1) is 25.2 Å². The number of carbonyl (C=O) groups excluding carboxylic acids is 1. The molecule has 1 saturated heterocycles. The molecule has 17 heavy (non-hydrogen) atoms. The Labute approximate surface area is 98.8 Å². The van der Waals surface area contributed by atoms with Crippen molar-refractivity contribution >= 4 is 22.9 Å². The van der Waals surface area contributed by atoms with E-state index < -0.39 is 0 Å². The Morgan fingerprint density at radius 3 is 2.76 bits per heavy atom. The molecule has 88 valence electrons. The predicted molar refractivity (Wildman–Crippen MR) is 64.6 cm³/mol. The van der Waals surface area contributed by atoms with Crippen molar-refractivity contribution in [2.45, 2.75) is 0 Å². The van der Waals surface area contributed by atoms with E-state index in [1.54, 1.807) is 6.26 Å². The van der Waals surface area contributed by atoms with E-state index in [9.17, 15) is 4.79 Å². The van der Waals surface area contributed by atoms with Gasteiger partial charge in [-0.15, -0.1) is 0 Å². The van der Waals surface area contributed by atoms with E-state index >= 15 is 0 Å². The summed E-state index contributed by atoms with van der Waals surface area (Å²) in [5.41, 5.74) is 2.36. The zero-order chi connectivity index (χ0) is 11.7. The molecule has 4 nitrogen and oxygen atoms in total. The summed E-state index contributed by atoms with van der Waals surface area (Å²) in [5, 5.41) is 1.03. The van der Waals surface area contributed by atoms with Gasteiger partial charge in [0.2, 0.25) is 0 Å². The zero-order valence-electron chi connectivity index (χ0n) is 9.39. The van der Waals surface area contributed by atoms with E-state index in [-0.39, 0.29) is 0 Å². The highest BCUT2D eigenvalue weighted by atomic mass is 16.5. The van der Waals surface area contributed by atoms with Gasteiger partial charge in [-0.25, -0.2) is 0 Å². The van der Waals surface area contributed by atoms with Crippen molar-refractivity contribution in [3.63, 3.8) is 0 Å². The number of hydrogen-bond acceptors (Lipinski definition) is 4. The number of morpholine rings is 1. The lowest BCUT2D eigenvalue weighted by molar-refractivity contribution is 0.111. The molecule has 1 fully saturated rings. The predicted octanol–water partition coefficient (Wildman–Crippen LogP) is 2.08. The van der Waals surface area contributed by atoms with Crippen molar-refractivity contribution in [2.24, 2.45) is 0 Å². The molecule has 2 heterocycles. The van der Waals surface area contributed by atoms with Gasteiger partial charge in [0, 0.05) is 24.0 Å². The summed E-state index contributed by atoms with van der Waals surface area (Å²) in [4.78, 5) is 13.3. The Morgan fingerprint density at radius 1 is 1.18 bits per heavy atom. The summed E-state index contributed by atoms with van der Waals surface area (Å²) in [7, 11) is 0. The van der Waals surface area contributed by atoms with Gasteiger partial charge in [-0.3, -0.25) is 4.79 Å². The number of carbonyl (C=O) groups is 1. The molecule has 0 unspecified atom stereocenters. The van der Waals surface area contributed by atoms with Crippen LogP contribution in [-0.4, -0.2) is 32.6 Å². The van der Waals surface area contributed by atoms with Crippen molar-refractivity contribution in [1.82, 2.24) is 0 Å². The number of aldehydes is 1. The van der Waals surface area contributed by atoms with E-state index in [0.29, 0.717) is 18.8 Å². The molecular formula is C13H13NO3. The second-order valence-electron chi connectivity index (χ2n) is 4.06. The van der Waals surface area contributed by atoms with E-state index in [2.05, 4.69) is 4.90 Å². The molecule has 0 spiro atoms. The fourth-order valence-electron chi connectivity index (χ4n) is 2.24. The summed E-state index contributed by atoms with van der Waals surface area (Å²) in [6.45, 7) is 2.96. The third kappa shape index (κ3) is 1.70. The molecule has 3 rings (SSSR count). The summed E-state index contributed by atoms with van der Waals surface area (Å²) >= 11 is 0. The Morgan fingerprint density at radius 2 is 2.00 bits per heavy atom. The summed E-state index contributed by atoms with van der Waals surface area (Å²) in [5.74, 6) is 0. The molecule has 2 aromatic rings. The van der Waals surface area contributed by atoms with Gasteiger partial charge in [0.1, 0.15) is 0 Å². The average molecular weight is 231 g/mol. The number of fused-ring (bicyclic) bond motifs is 1. The summed E-state index contributed by atoms with van der Waals surface area (Å²) in [6, 6.07) is 5.66. The maximum absolute atomic E-state index is 11.1. The van der Waals surface area contributed by atoms with E-state index in [1.165, 1.54) is 0 Å². The minimum atomic E-state index is 0.675. The standard InChI is InChI=1S/C13H13NO3/c15-9-11-2-1-10-3-6-17-13(10)12(11)14-4-7-16-8-5-14/h1-3,6,9H,4-5,7-8H2. The highest BCUT2D eigenvalue weighted by Crippen LogP contribution is 2.31. The van der Waals surface area contributed by atoms with E-state index in [1.807, 2.05) is 18.2 Å². The quantitative estimate of drug-likeness (QED) is 0.742. The van der Waals surface area contributed by atoms with Crippen LogP contribution in [0.1, 0.15) is 10.4 Å². The molecule has 1 aliphatic rings. The number of furan rings is 1. The molecule has 0 aliphatic carbocycles. The first-order valence-corrected chi connectivity index (χ1v) is 5.68. The van der Waals surface area contributed by atoms with Crippen molar-refractivity contribution in [1.29, 1.82) is 0 Å². The van der Waals surface area contributed by atoms with E-state index in [0.717, 1.165) is 36.0 Å². The number of benzene rings is 1. The molecule has 0 saturated carbocycles. The highest BCUT2D eigenvalue weighted by molar-refractivity contribution is 5.99. The first-order chi connectivity index (χ1) is 8.40. The third-order valence-corrected chi connectivity index (χ3v) is 3.08. The smallest absolute Gasteiger partial charge is 0.157 e. The summed E-state index contributed by atoms with van der Waals surface area (Å²) in [6.07, 6.45) is 2.54. The van der Waals surface area contributed by atoms with Crippen molar-refractivity contribution in [3.05, 3.63) is 30.0 Å². The highest BCUT2D eigenvalue weighted by Gasteiger charge is 2.19. The van der Waals surface area contributed by atoms with Crippen LogP contribution >= 0.6 is 0 Å². The number of anilines is 1. The molecule has 1 aromatic heterocycles. The van der Waals surface area contributed by atoms with Crippen molar-refractivity contribution < 1.29 is 13.9 Å². The molecular weight excluding hydrogens is 218 g/mol. The lowest BCUT2D eigenvalue weighted by Gasteiger charge is -2.29. The lowest BCUT2D eigenvalue weighted by Crippen LogP contribution is -2.36. The molecule has 1 aromatic carbocycles. The Bertz CT molecular complexity index is 541. The van der Waals surface area contributed by atoms with Crippen LogP contribution in [0.5, 0.6) is 0 Å². The monoisotopic (exact) mass is 231 g/mol. The molecule has 0 amide bonds. The molecule has 0 atom stereocenters. The van der Waals surface area contributed by atoms with Crippen LogP contribution in [0.4, 0.5) is 5.69 Å². The Kier molecular flexibility index (Phi) is 2.57. The average Bonchev–Trinajstić information content (AvgIpc) is 2.86. The first kappa shape index (κ1) is 10.4. The van der Waals surface area contributed by atoms with Gasteiger partial charge >= 0.3 is 0 Å². The topological polar surface area (TPSA) is 42.7 Å². The molecule has 0 bridgehead atoms. The van der Waals surface area contributed by atoms with Crippen LogP contribution in [0.15, 0.2) is 28.9 Å². The maximum atomic E-state index is 11.1. The normalized spacial score (nSPS) is 16.4. The first-order valence-electron chi connectivity index (χ1n) is 5.68. The van der Waals surface area contributed by atoms with Crippen molar-refractivity contribution in [3.8, 4) is 0 Å². The fraction of sp³-hybridized carbons (Fsp3) is 0.308. The van der Waals surface area contributed by atoms with Crippen molar-refractivity contribution in [2.75, 3.05) is 31.2 Å². The van der Waals surface area contributed by atoms with Crippen LogP contribution in [0, 0.1) is 0 Å². The molecule has 4 heteroatoms. The Balaban J connectivity index is 2.16. The third-order valence-electron chi connectivity index (χ3n) is 3.08. The van der Waals surface area contributed by atoms with Crippen LogP contribution in [0.2, 0.25) is 0 Å². The fourth-order valence-corrected chi connectivity index (χ4v) is 2.24. The van der Waals surface area contributed by atoms with Gasteiger partial charge in [-0.2, -0.15) is 0 Å². The van der Waals surface area contributed by atoms with Crippen LogP contribution in [-0.2, 0) is 4.74 Å². The van der Waals surface area contributed by atoms with Crippen LogP contribution < -0.4 is 4.90 Å². The lowest BCUT2D eigenvalue weighted by atomic mass is 10.1. The second kappa shape index (κ2) is 4.22. The minimum Gasteiger partial charge on any atom is -0.462 e. The van der Waals surface area contributed by atoms with Crippen LogP contribution in [0.25, 0.3) is 11.0 Å².